The average molecular weight is 268 g/mol. The second-order valence-electron chi connectivity index (χ2n) is 4.35. The first kappa shape index (κ1) is 13.0. The van der Waals surface area contributed by atoms with E-state index in [2.05, 4.69) is 20.5 Å². The molecule has 98 valence electrons. The minimum absolute atomic E-state index is 0.188. The van der Waals surface area contributed by atoms with Crippen LogP contribution in [0, 0.1) is 0 Å². The minimum atomic E-state index is -0.192. The largest absolute Gasteiger partial charge is 0.349 e. The van der Waals surface area contributed by atoms with Crippen LogP contribution in [0.5, 0.6) is 0 Å². The molecule has 0 saturated carbocycles. The van der Waals surface area contributed by atoms with E-state index in [4.69, 9.17) is 0 Å². The molecule has 6 nitrogen and oxygen atoms in total. The van der Waals surface area contributed by atoms with Crippen molar-refractivity contribution in [1.29, 1.82) is 0 Å². The molecule has 2 amide bonds. The molecule has 1 atom stereocenters. The van der Waals surface area contributed by atoms with Crippen LogP contribution in [-0.2, 0) is 4.79 Å². The molecular formula is C11H16N4O2S. The first-order valence-corrected chi connectivity index (χ1v) is 6.66. The maximum Gasteiger partial charge on any atom is 0.270 e. The van der Waals surface area contributed by atoms with Gasteiger partial charge in [0.25, 0.3) is 5.91 Å². The number of nitrogens with one attached hydrogen (secondary N) is 2. The van der Waals surface area contributed by atoms with Gasteiger partial charge in [-0.2, -0.15) is 0 Å². The maximum absolute atomic E-state index is 11.8. The summed E-state index contributed by atoms with van der Waals surface area (Å²) in [6, 6.07) is 0.433. The quantitative estimate of drug-likeness (QED) is 0.835. The number of carbonyl (C=O) groups excluding carboxylic acids is 2. The summed E-state index contributed by atoms with van der Waals surface area (Å²) in [5.41, 5.74) is 0.353. The summed E-state index contributed by atoms with van der Waals surface area (Å²) in [4.78, 5) is 28.9. The van der Waals surface area contributed by atoms with Gasteiger partial charge in [-0.25, -0.2) is 4.98 Å². The predicted molar refractivity (Wildman–Crippen MR) is 69.8 cm³/mol. The first-order chi connectivity index (χ1) is 8.56. The number of hydrogen-bond acceptors (Lipinski definition) is 5. The molecule has 1 aromatic heterocycles. The Kier molecular flexibility index (Phi) is 3.93. The number of likely N-dealkylation sites (N-methyl/N-ethyl adjacent to an activating group) is 1. The van der Waals surface area contributed by atoms with Crippen LogP contribution in [-0.4, -0.2) is 47.9 Å². The van der Waals surface area contributed by atoms with Crippen LogP contribution in [0.15, 0.2) is 5.38 Å². The molecule has 0 aromatic carbocycles. The Labute approximate surface area is 109 Å². The van der Waals surface area contributed by atoms with Crippen LogP contribution < -0.4 is 10.6 Å². The van der Waals surface area contributed by atoms with Crippen molar-refractivity contribution in [2.45, 2.75) is 19.4 Å². The number of likely N-dealkylation sites (tertiary alicyclic amines) is 1. The van der Waals surface area contributed by atoms with Crippen molar-refractivity contribution < 1.29 is 9.59 Å². The SMILES string of the molecule is CC(=O)Nc1nc(C(=O)NCC2CCN2C)cs1. The molecule has 0 spiro atoms. The molecular weight excluding hydrogens is 252 g/mol. The summed E-state index contributed by atoms with van der Waals surface area (Å²) >= 11 is 1.25. The molecule has 1 aromatic rings. The smallest absolute Gasteiger partial charge is 0.270 e. The van der Waals surface area contributed by atoms with Crippen LogP contribution in [0.25, 0.3) is 0 Å². The summed E-state index contributed by atoms with van der Waals surface area (Å²) < 4.78 is 0. The van der Waals surface area contributed by atoms with E-state index in [1.807, 2.05) is 7.05 Å². The van der Waals surface area contributed by atoms with E-state index in [0.29, 0.717) is 23.4 Å². The van der Waals surface area contributed by atoms with Crippen molar-refractivity contribution in [2.24, 2.45) is 0 Å². The third-order valence-electron chi connectivity index (χ3n) is 2.96. The number of thiazole rings is 1. The summed E-state index contributed by atoms with van der Waals surface area (Å²) in [6.07, 6.45) is 1.12. The first-order valence-electron chi connectivity index (χ1n) is 5.78. The summed E-state index contributed by atoms with van der Waals surface area (Å²) in [5, 5.41) is 7.50. The van der Waals surface area contributed by atoms with Crippen LogP contribution in [0.3, 0.4) is 0 Å². The van der Waals surface area contributed by atoms with Crippen molar-refractivity contribution >= 4 is 28.3 Å². The van der Waals surface area contributed by atoms with Gasteiger partial charge in [0.15, 0.2) is 5.13 Å². The van der Waals surface area contributed by atoms with E-state index in [1.165, 1.54) is 18.3 Å². The standard InChI is InChI=1S/C11H16N4O2S/c1-7(16)13-11-14-9(6-18-11)10(17)12-5-8-3-4-15(8)2/h6,8H,3-5H2,1-2H3,(H,12,17)(H,13,14,16). The molecule has 0 bridgehead atoms. The lowest BCUT2D eigenvalue weighted by Gasteiger charge is -2.37. The molecule has 1 aliphatic heterocycles. The molecule has 0 aliphatic carbocycles. The number of rotatable bonds is 4. The predicted octanol–water partition coefficient (Wildman–Crippen LogP) is 0.535. The lowest BCUT2D eigenvalue weighted by Crippen LogP contribution is -2.51. The van der Waals surface area contributed by atoms with Crippen LogP contribution in [0.1, 0.15) is 23.8 Å². The van der Waals surface area contributed by atoms with E-state index in [-0.39, 0.29) is 11.8 Å². The van der Waals surface area contributed by atoms with Crippen molar-refractivity contribution in [2.75, 3.05) is 25.5 Å². The Morgan fingerprint density at radius 2 is 2.39 bits per heavy atom. The van der Waals surface area contributed by atoms with E-state index in [9.17, 15) is 9.59 Å². The van der Waals surface area contributed by atoms with Crippen LogP contribution in [0.2, 0.25) is 0 Å². The highest BCUT2D eigenvalue weighted by molar-refractivity contribution is 7.14. The highest BCUT2D eigenvalue weighted by Crippen LogP contribution is 2.16. The van der Waals surface area contributed by atoms with Gasteiger partial charge >= 0.3 is 0 Å². The van der Waals surface area contributed by atoms with Crippen LogP contribution in [0.4, 0.5) is 5.13 Å². The molecule has 0 radical (unpaired) electrons. The molecule has 2 heterocycles. The molecule has 2 rings (SSSR count). The molecule has 7 heteroatoms. The lowest BCUT2D eigenvalue weighted by molar-refractivity contribution is -0.114. The molecule has 1 aliphatic rings. The highest BCUT2D eigenvalue weighted by Gasteiger charge is 2.24. The fraction of sp³-hybridized carbons (Fsp3) is 0.545. The van der Waals surface area contributed by atoms with E-state index in [0.717, 1.165) is 13.0 Å². The van der Waals surface area contributed by atoms with Gasteiger partial charge in [-0.1, -0.05) is 0 Å². The number of carbonyl (C=O) groups is 2. The second-order valence-corrected chi connectivity index (χ2v) is 5.21. The van der Waals surface area contributed by atoms with Crippen molar-refractivity contribution in [3.05, 3.63) is 11.1 Å². The minimum Gasteiger partial charge on any atom is -0.349 e. The summed E-state index contributed by atoms with van der Waals surface area (Å²) in [6.45, 7) is 3.14. The fourth-order valence-corrected chi connectivity index (χ4v) is 2.45. The number of hydrogen-bond donors (Lipinski definition) is 2. The van der Waals surface area contributed by atoms with Crippen molar-refractivity contribution in [3.8, 4) is 0 Å². The maximum atomic E-state index is 11.8. The zero-order valence-electron chi connectivity index (χ0n) is 10.4. The topological polar surface area (TPSA) is 74.3 Å². The molecule has 1 saturated heterocycles. The van der Waals surface area contributed by atoms with Gasteiger partial charge in [-0.3, -0.25) is 9.59 Å². The fourth-order valence-electron chi connectivity index (χ4n) is 1.71. The van der Waals surface area contributed by atoms with Crippen molar-refractivity contribution in [1.82, 2.24) is 15.2 Å². The zero-order chi connectivity index (χ0) is 13.1. The van der Waals surface area contributed by atoms with Gasteiger partial charge in [0.2, 0.25) is 5.91 Å². The highest BCUT2D eigenvalue weighted by atomic mass is 32.1. The summed E-state index contributed by atoms with van der Waals surface area (Å²) in [7, 11) is 2.04. The average Bonchev–Trinajstić information content (AvgIpc) is 2.74. The normalized spacial score (nSPS) is 19.1. The Balaban J connectivity index is 1.84. The molecule has 1 unspecified atom stereocenters. The van der Waals surface area contributed by atoms with Gasteiger partial charge in [0.05, 0.1) is 0 Å². The van der Waals surface area contributed by atoms with E-state index >= 15 is 0 Å². The van der Waals surface area contributed by atoms with Gasteiger partial charge in [-0.05, 0) is 20.0 Å². The number of amides is 2. The summed E-state index contributed by atoms with van der Waals surface area (Å²) in [5.74, 6) is -0.379. The lowest BCUT2D eigenvalue weighted by atomic mass is 10.1. The van der Waals surface area contributed by atoms with Gasteiger partial charge in [0.1, 0.15) is 5.69 Å². The van der Waals surface area contributed by atoms with E-state index in [1.54, 1.807) is 5.38 Å². The zero-order valence-corrected chi connectivity index (χ0v) is 11.2. The van der Waals surface area contributed by atoms with Crippen LogP contribution >= 0.6 is 11.3 Å². The molecule has 18 heavy (non-hydrogen) atoms. The van der Waals surface area contributed by atoms with Gasteiger partial charge in [0, 0.05) is 24.9 Å². The number of nitrogens with zero attached hydrogens (tertiary/aromatic N) is 2. The van der Waals surface area contributed by atoms with E-state index < -0.39 is 0 Å². The third kappa shape index (κ3) is 3.05. The van der Waals surface area contributed by atoms with Gasteiger partial charge < -0.3 is 15.5 Å². The van der Waals surface area contributed by atoms with Gasteiger partial charge in [-0.15, -0.1) is 11.3 Å². The molecule has 2 N–H and O–H groups in total. The Bertz CT molecular complexity index is 460. The Hall–Kier alpha value is -1.47. The number of aromatic nitrogens is 1. The second kappa shape index (κ2) is 5.45. The van der Waals surface area contributed by atoms with Crippen molar-refractivity contribution in [3.63, 3.8) is 0 Å². The number of anilines is 1. The molecule has 1 fully saturated rings. The monoisotopic (exact) mass is 268 g/mol. The Morgan fingerprint density at radius 3 is 2.94 bits per heavy atom. The Morgan fingerprint density at radius 1 is 1.61 bits per heavy atom. The third-order valence-corrected chi connectivity index (χ3v) is 3.71.